The summed E-state index contributed by atoms with van der Waals surface area (Å²) in [6, 6.07) is 46.0. The van der Waals surface area contributed by atoms with Crippen LogP contribution in [0.2, 0.25) is 0 Å². The molecule has 0 unspecified atom stereocenters. The molecule has 2 nitrogen and oxygen atoms in total. The van der Waals surface area contributed by atoms with Gasteiger partial charge in [-0.3, -0.25) is 0 Å². The van der Waals surface area contributed by atoms with Crippen LogP contribution in [0.15, 0.2) is 140 Å². The third-order valence-corrected chi connectivity index (χ3v) is 8.76. The van der Waals surface area contributed by atoms with Gasteiger partial charge >= 0.3 is 7.12 Å². The number of hydrogen-bond acceptors (Lipinski definition) is 2. The molecule has 0 N–H and O–H groups in total. The molecule has 0 aromatic heterocycles. The number of hydrogen-bond donors (Lipinski definition) is 0. The fourth-order valence-corrected chi connectivity index (χ4v) is 6.57. The van der Waals surface area contributed by atoms with Crippen LogP contribution in [-0.2, 0) is 9.31 Å². The molecule has 0 amide bonds. The van der Waals surface area contributed by atoms with Crippen LogP contribution in [-0.4, -0.2) is 12.7 Å². The topological polar surface area (TPSA) is 18.5 Å². The highest BCUT2D eigenvalue weighted by Gasteiger charge is 2.43. The van der Waals surface area contributed by atoms with Crippen molar-refractivity contribution in [3.05, 3.63) is 140 Å². The minimum atomic E-state index is -0.546. The van der Waals surface area contributed by atoms with Crippen molar-refractivity contribution < 1.29 is 9.31 Å². The first-order valence-electron chi connectivity index (χ1n) is 14.5. The van der Waals surface area contributed by atoms with Crippen LogP contribution in [0.5, 0.6) is 0 Å². The third kappa shape index (κ3) is 3.78. The van der Waals surface area contributed by atoms with Gasteiger partial charge in [-0.2, -0.15) is 0 Å². The Hall–Kier alpha value is -4.86. The highest BCUT2D eigenvalue weighted by atomic mass is 16.7. The van der Waals surface area contributed by atoms with E-state index in [0.29, 0.717) is 5.76 Å². The summed E-state index contributed by atoms with van der Waals surface area (Å²) in [5.74, 6) is 0.650. The smallest absolute Gasteiger partial charge is 0.534 e. The molecule has 1 heterocycles. The lowest BCUT2D eigenvalue weighted by molar-refractivity contribution is 0.173. The van der Waals surface area contributed by atoms with E-state index in [1.807, 2.05) is 13.8 Å². The summed E-state index contributed by atoms with van der Waals surface area (Å²) in [5.41, 5.74) is 5.35. The highest BCUT2D eigenvalue weighted by Crippen LogP contribution is 2.46. The van der Waals surface area contributed by atoms with E-state index in [9.17, 15) is 0 Å². The molecule has 8 rings (SSSR count). The fourth-order valence-electron chi connectivity index (χ4n) is 6.57. The normalized spacial score (nSPS) is 14.7. The van der Waals surface area contributed by atoms with E-state index in [1.54, 1.807) is 0 Å². The van der Waals surface area contributed by atoms with E-state index < -0.39 is 12.7 Å². The summed E-state index contributed by atoms with van der Waals surface area (Å²) in [4.78, 5) is 0. The molecule has 200 valence electrons. The predicted molar refractivity (Wildman–Crippen MR) is 178 cm³/mol. The number of fused-ring (bicyclic) bond motifs is 4. The van der Waals surface area contributed by atoms with Gasteiger partial charge in [-0.25, -0.2) is 0 Å². The molecule has 1 aliphatic rings. The predicted octanol–water partition coefficient (Wildman–Crippen LogP) is 9.67. The van der Waals surface area contributed by atoms with Crippen molar-refractivity contribution in [3.63, 3.8) is 0 Å². The van der Waals surface area contributed by atoms with Crippen LogP contribution in [0.4, 0.5) is 0 Å². The van der Waals surface area contributed by atoms with Crippen molar-refractivity contribution in [1.29, 1.82) is 0 Å². The highest BCUT2D eigenvalue weighted by molar-refractivity contribution is 6.62. The summed E-state index contributed by atoms with van der Waals surface area (Å²) in [7, 11) is -0.509. The van der Waals surface area contributed by atoms with Crippen LogP contribution in [0, 0.1) is 0 Å². The van der Waals surface area contributed by atoms with Crippen molar-refractivity contribution >= 4 is 55.7 Å². The largest absolute Gasteiger partial charge is 0.563 e. The second-order valence-corrected chi connectivity index (χ2v) is 11.7. The molecule has 0 radical (unpaired) electrons. The first-order valence-corrected chi connectivity index (χ1v) is 14.5. The Kier molecular flexibility index (Phi) is 5.54. The first kappa shape index (κ1) is 24.9. The standard InChI is InChI=1S/C39H29BO2/c1-25-39(2,3)42-40(41-25)28-22-23-35-36(24-28)38(32-21-11-15-27-13-5-7-17-30(27)32)34-19-9-8-18-33(34)37(35)31-20-10-14-26-12-4-6-16-29(26)31/h4-24H,1H2,2-3H3. The van der Waals surface area contributed by atoms with Gasteiger partial charge in [0.15, 0.2) is 0 Å². The molecule has 0 saturated carbocycles. The summed E-state index contributed by atoms with van der Waals surface area (Å²) >= 11 is 0. The van der Waals surface area contributed by atoms with Crippen molar-refractivity contribution in [2.24, 2.45) is 0 Å². The van der Waals surface area contributed by atoms with Crippen molar-refractivity contribution in [3.8, 4) is 22.3 Å². The van der Waals surface area contributed by atoms with Crippen LogP contribution in [0.1, 0.15) is 13.8 Å². The molecule has 0 atom stereocenters. The summed E-state index contributed by atoms with van der Waals surface area (Å²) in [5, 5.41) is 9.77. The van der Waals surface area contributed by atoms with Crippen molar-refractivity contribution in [2.75, 3.05) is 0 Å². The Morgan fingerprint density at radius 3 is 1.55 bits per heavy atom. The minimum absolute atomic E-state index is 0.509. The molecule has 3 heteroatoms. The Morgan fingerprint density at radius 2 is 1.00 bits per heavy atom. The van der Waals surface area contributed by atoms with Gasteiger partial charge in [0.05, 0.1) is 5.76 Å². The van der Waals surface area contributed by atoms with Gasteiger partial charge in [0.2, 0.25) is 0 Å². The Balaban J connectivity index is 1.53. The van der Waals surface area contributed by atoms with Crippen molar-refractivity contribution in [1.82, 2.24) is 0 Å². The van der Waals surface area contributed by atoms with Crippen LogP contribution < -0.4 is 5.46 Å². The molecule has 7 aromatic carbocycles. The minimum Gasteiger partial charge on any atom is -0.534 e. The van der Waals surface area contributed by atoms with E-state index in [2.05, 4.69) is 134 Å². The maximum absolute atomic E-state index is 6.35. The van der Waals surface area contributed by atoms with E-state index in [4.69, 9.17) is 9.31 Å². The van der Waals surface area contributed by atoms with Gasteiger partial charge in [-0.05, 0) is 84.7 Å². The lowest BCUT2D eigenvalue weighted by atomic mass is 9.76. The average molecular weight is 540 g/mol. The quantitative estimate of drug-likeness (QED) is 0.164. The summed E-state index contributed by atoms with van der Waals surface area (Å²) < 4.78 is 12.5. The lowest BCUT2D eigenvalue weighted by Gasteiger charge is -2.20. The maximum atomic E-state index is 6.35. The van der Waals surface area contributed by atoms with Crippen LogP contribution >= 0.6 is 0 Å². The van der Waals surface area contributed by atoms with Gasteiger partial charge < -0.3 is 9.31 Å². The molecule has 1 fully saturated rings. The first-order chi connectivity index (χ1) is 20.5. The zero-order chi connectivity index (χ0) is 28.4. The molecule has 7 aromatic rings. The number of benzene rings is 7. The lowest BCUT2D eigenvalue weighted by Crippen LogP contribution is -2.34. The van der Waals surface area contributed by atoms with Crippen LogP contribution in [0.3, 0.4) is 0 Å². The monoisotopic (exact) mass is 540 g/mol. The zero-order valence-electron chi connectivity index (χ0n) is 23.7. The Bertz CT molecular complexity index is 2200. The molecule has 0 spiro atoms. The van der Waals surface area contributed by atoms with Gasteiger partial charge in [0.1, 0.15) is 5.60 Å². The summed E-state index contributed by atoms with van der Waals surface area (Å²) in [6.07, 6.45) is 0. The second kappa shape index (κ2) is 9.34. The molecule has 42 heavy (non-hydrogen) atoms. The molecule has 1 aliphatic heterocycles. The Morgan fingerprint density at radius 1 is 0.524 bits per heavy atom. The van der Waals surface area contributed by atoms with E-state index in [0.717, 1.165) is 5.46 Å². The number of rotatable bonds is 3. The molecule has 1 saturated heterocycles. The van der Waals surface area contributed by atoms with Gasteiger partial charge in [-0.15, -0.1) is 0 Å². The average Bonchev–Trinajstić information content (AvgIpc) is 3.30. The molecule has 0 aliphatic carbocycles. The molecular formula is C39H29BO2. The fraction of sp³-hybridized carbons (Fsp3) is 0.0769. The zero-order valence-corrected chi connectivity index (χ0v) is 23.7. The Labute approximate surface area is 246 Å². The van der Waals surface area contributed by atoms with Gasteiger partial charge in [0.25, 0.3) is 0 Å². The van der Waals surface area contributed by atoms with Gasteiger partial charge in [-0.1, -0.05) is 134 Å². The van der Waals surface area contributed by atoms with Crippen LogP contribution in [0.25, 0.3) is 65.3 Å². The summed E-state index contributed by atoms with van der Waals surface area (Å²) in [6.45, 7) is 8.13. The van der Waals surface area contributed by atoms with Gasteiger partial charge in [0, 0.05) is 0 Å². The second-order valence-electron chi connectivity index (χ2n) is 11.7. The molecule has 0 bridgehead atoms. The molecular weight excluding hydrogens is 511 g/mol. The SMILES string of the molecule is C=C1OB(c2ccc3c(-c4cccc5ccccc45)c4ccccc4c(-c4cccc5ccccc45)c3c2)OC1(C)C. The van der Waals surface area contributed by atoms with E-state index >= 15 is 0 Å². The van der Waals surface area contributed by atoms with Crippen molar-refractivity contribution in [2.45, 2.75) is 19.4 Å². The van der Waals surface area contributed by atoms with E-state index in [-0.39, 0.29) is 0 Å². The van der Waals surface area contributed by atoms with E-state index in [1.165, 1.54) is 65.3 Å². The maximum Gasteiger partial charge on any atom is 0.563 e. The third-order valence-electron chi connectivity index (χ3n) is 8.76.